The zero-order valence-corrected chi connectivity index (χ0v) is 16.4. The Hall–Kier alpha value is -2.62. The molecule has 0 spiro atoms. The summed E-state index contributed by atoms with van der Waals surface area (Å²) >= 11 is 0. The fourth-order valence-corrected chi connectivity index (χ4v) is 3.91. The molecule has 2 amide bonds. The number of rotatable bonds is 5. The molecule has 1 aliphatic rings. The molecule has 1 aliphatic heterocycles. The summed E-state index contributed by atoms with van der Waals surface area (Å²) in [6.07, 6.45) is 0. The van der Waals surface area contributed by atoms with Gasteiger partial charge in [0.1, 0.15) is 0 Å². The van der Waals surface area contributed by atoms with Crippen LogP contribution < -0.4 is 0 Å². The van der Waals surface area contributed by atoms with Crippen molar-refractivity contribution in [2.75, 3.05) is 26.2 Å². The minimum atomic E-state index is -0.193. The summed E-state index contributed by atoms with van der Waals surface area (Å²) in [5, 5.41) is 0. The third-order valence-corrected chi connectivity index (χ3v) is 5.53. The Labute approximate surface area is 161 Å². The van der Waals surface area contributed by atoms with Crippen molar-refractivity contribution in [3.8, 4) is 0 Å². The number of hydrogen-bond acceptors (Lipinski definition) is 2. The van der Waals surface area contributed by atoms with E-state index in [9.17, 15) is 9.59 Å². The van der Waals surface area contributed by atoms with E-state index in [0.717, 1.165) is 11.1 Å². The Kier molecular flexibility index (Phi) is 5.94. The minimum Gasteiger partial charge on any atom is -0.343 e. The van der Waals surface area contributed by atoms with E-state index in [1.54, 1.807) is 0 Å². The van der Waals surface area contributed by atoms with Gasteiger partial charge in [-0.15, -0.1) is 0 Å². The van der Waals surface area contributed by atoms with Crippen molar-refractivity contribution in [2.24, 2.45) is 5.92 Å². The maximum Gasteiger partial charge on any atom is 0.253 e. The fraction of sp³-hybridized carbons (Fsp3) is 0.391. The third kappa shape index (κ3) is 4.05. The van der Waals surface area contributed by atoms with Crippen LogP contribution in [0.4, 0.5) is 0 Å². The van der Waals surface area contributed by atoms with Gasteiger partial charge in [-0.1, -0.05) is 48.0 Å². The van der Waals surface area contributed by atoms with Crippen LogP contribution in [0.2, 0.25) is 0 Å². The van der Waals surface area contributed by atoms with E-state index in [4.69, 9.17) is 0 Å². The molecule has 4 nitrogen and oxygen atoms in total. The van der Waals surface area contributed by atoms with Crippen LogP contribution in [0.15, 0.2) is 54.6 Å². The number of hydrogen-bond donors (Lipinski definition) is 0. The van der Waals surface area contributed by atoms with Crippen LogP contribution >= 0.6 is 0 Å². The van der Waals surface area contributed by atoms with Crippen molar-refractivity contribution >= 4 is 11.8 Å². The van der Waals surface area contributed by atoms with Crippen molar-refractivity contribution in [2.45, 2.75) is 26.7 Å². The normalized spacial score (nSPS) is 19.1. The molecule has 0 aliphatic carbocycles. The highest BCUT2D eigenvalue weighted by Crippen LogP contribution is 2.34. The molecular formula is C23H28N2O2. The van der Waals surface area contributed by atoms with E-state index in [2.05, 4.69) is 12.1 Å². The first-order valence-electron chi connectivity index (χ1n) is 9.74. The summed E-state index contributed by atoms with van der Waals surface area (Å²) in [6, 6.07) is 17.8. The highest BCUT2D eigenvalue weighted by Gasteiger charge is 2.41. The molecule has 2 aromatic carbocycles. The Morgan fingerprint density at radius 1 is 0.963 bits per heavy atom. The van der Waals surface area contributed by atoms with Gasteiger partial charge in [-0.3, -0.25) is 9.59 Å². The lowest BCUT2D eigenvalue weighted by atomic mass is 9.88. The van der Waals surface area contributed by atoms with Gasteiger partial charge in [0, 0.05) is 37.7 Å². The van der Waals surface area contributed by atoms with E-state index in [-0.39, 0.29) is 23.7 Å². The van der Waals surface area contributed by atoms with Crippen LogP contribution in [0.3, 0.4) is 0 Å². The van der Waals surface area contributed by atoms with Crippen LogP contribution in [-0.4, -0.2) is 47.8 Å². The molecule has 0 radical (unpaired) electrons. The van der Waals surface area contributed by atoms with Crippen molar-refractivity contribution in [1.82, 2.24) is 9.80 Å². The second-order valence-corrected chi connectivity index (χ2v) is 7.21. The number of carbonyl (C=O) groups is 2. The number of carbonyl (C=O) groups excluding carboxylic acids is 2. The summed E-state index contributed by atoms with van der Waals surface area (Å²) in [6.45, 7) is 8.45. The first-order valence-corrected chi connectivity index (χ1v) is 9.74. The van der Waals surface area contributed by atoms with Crippen molar-refractivity contribution in [3.63, 3.8) is 0 Å². The SMILES string of the molecule is CCN(CC)C(=O)[C@H]1CN(C(=O)c2ccc(C)cc2)C[C@H]1c1ccccc1. The first-order chi connectivity index (χ1) is 13.0. The summed E-state index contributed by atoms with van der Waals surface area (Å²) in [5.74, 6) is -0.00534. The van der Waals surface area contributed by atoms with E-state index < -0.39 is 0 Å². The van der Waals surface area contributed by atoms with E-state index in [1.807, 2.05) is 73.0 Å². The maximum atomic E-state index is 13.1. The van der Waals surface area contributed by atoms with Gasteiger partial charge in [0.15, 0.2) is 0 Å². The van der Waals surface area contributed by atoms with Gasteiger partial charge >= 0.3 is 0 Å². The average molecular weight is 364 g/mol. The maximum absolute atomic E-state index is 13.1. The molecule has 2 atom stereocenters. The molecule has 0 aromatic heterocycles. The molecule has 142 valence electrons. The van der Waals surface area contributed by atoms with Crippen molar-refractivity contribution < 1.29 is 9.59 Å². The Balaban J connectivity index is 1.87. The molecule has 4 heteroatoms. The smallest absolute Gasteiger partial charge is 0.253 e. The Morgan fingerprint density at radius 3 is 2.19 bits per heavy atom. The third-order valence-electron chi connectivity index (χ3n) is 5.53. The second kappa shape index (κ2) is 8.38. The van der Waals surface area contributed by atoms with Crippen molar-refractivity contribution in [3.05, 3.63) is 71.3 Å². The lowest BCUT2D eigenvalue weighted by Gasteiger charge is -2.25. The Morgan fingerprint density at radius 2 is 1.59 bits per heavy atom. The fourth-order valence-electron chi connectivity index (χ4n) is 3.91. The summed E-state index contributed by atoms with van der Waals surface area (Å²) in [5.41, 5.74) is 2.94. The number of amides is 2. The van der Waals surface area contributed by atoms with Gasteiger partial charge in [0.05, 0.1) is 5.92 Å². The Bertz CT molecular complexity index is 782. The van der Waals surface area contributed by atoms with Gasteiger partial charge in [0.25, 0.3) is 5.91 Å². The van der Waals surface area contributed by atoms with Gasteiger partial charge in [-0.2, -0.15) is 0 Å². The summed E-state index contributed by atoms with van der Waals surface area (Å²) in [7, 11) is 0. The number of likely N-dealkylation sites (tertiary alicyclic amines) is 1. The number of benzene rings is 2. The lowest BCUT2D eigenvalue weighted by molar-refractivity contribution is -0.135. The lowest BCUT2D eigenvalue weighted by Crippen LogP contribution is -2.39. The van der Waals surface area contributed by atoms with Crippen molar-refractivity contribution in [1.29, 1.82) is 0 Å². The van der Waals surface area contributed by atoms with E-state index >= 15 is 0 Å². The van der Waals surface area contributed by atoms with Crippen LogP contribution in [0, 0.1) is 12.8 Å². The molecule has 1 fully saturated rings. The highest BCUT2D eigenvalue weighted by molar-refractivity contribution is 5.95. The average Bonchev–Trinajstić information content (AvgIpc) is 3.15. The molecule has 2 aromatic rings. The monoisotopic (exact) mass is 364 g/mol. The minimum absolute atomic E-state index is 0.00535. The van der Waals surface area contributed by atoms with Gasteiger partial charge in [0.2, 0.25) is 5.91 Å². The second-order valence-electron chi connectivity index (χ2n) is 7.21. The molecule has 1 heterocycles. The predicted octanol–water partition coefficient (Wildman–Crippen LogP) is 3.72. The van der Waals surface area contributed by atoms with Gasteiger partial charge < -0.3 is 9.80 Å². The quantitative estimate of drug-likeness (QED) is 0.811. The first kappa shape index (κ1) is 19.2. The topological polar surface area (TPSA) is 40.6 Å². The zero-order chi connectivity index (χ0) is 19.4. The van der Waals surface area contributed by atoms with Crippen LogP contribution in [0.5, 0.6) is 0 Å². The summed E-state index contributed by atoms with van der Waals surface area (Å²) in [4.78, 5) is 29.9. The number of aryl methyl sites for hydroxylation is 1. The molecule has 0 unspecified atom stereocenters. The standard InChI is InChI=1S/C23H28N2O2/c1-4-24(5-2)23(27)21-16-25(15-20(21)18-9-7-6-8-10-18)22(26)19-13-11-17(3)12-14-19/h6-14,20-21H,4-5,15-16H2,1-3H3/t20-,21-/m0/s1. The predicted molar refractivity (Wildman–Crippen MR) is 108 cm³/mol. The van der Waals surface area contributed by atoms with Crippen LogP contribution in [-0.2, 0) is 4.79 Å². The molecule has 27 heavy (non-hydrogen) atoms. The largest absolute Gasteiger partial charge is 0.343 e. The van der Waals surface area contributed by atoms with E-state index in [1.165, 1.54) is 0 Å². The molecule has 0 bridgehead atoms. The molecular weight excluding hydrogens is 336 g/mol. The number of nitrogens with zero attached hydrogens (tertiary/aromatic N) is 2. The van der Waals surface area contributed by atoms with Crippen LogP contribution in [0.25, 0.3) is 0 Å². The molecule has 3 rings (SSSR count). The summed E-state index contributed by atoms with van der Waals surface area (Å²) < 4.78 is 0. The van der Waals surface area contributed by atoms with Gasteiger partial charge in [-0.05, 0) is 38.5 Å². The van der Waals surface area contributed by atoms with Crippen LogP contribution in [0.1, 0.15) is 41.3 Å². The molecule has 0 N–H and O–H groups in total. The highest BCUT2D eigenvalue weighted by atomic mass is 16.2. The molecule has 0 saturated carbocycles. The van der Waals surface area contributed by atoms with E-state index in [0.29, 0.717) is 31.7 Å². The van der Waals surface area contributed by atoms with Gasteiger partial charge in [-0.25, -0.2) is 0 Å². The zero-order valence-electron chi connectivity index (χ0n) is 16.4. The molecule has 1 saturated heterocycles.